The number of ether oxygens (including phenoxy) is 1. The summed E-state index contributed by atoms with van der Waals surface area (Å²) >= 11 is 0. The monoisotopic (exact) mass is 966 g/mol. The van der Waals surface area contributed by atoms with E-state index >= 15 is 0 Å². The van der Waals surface area contributed by atoms with Crippen LogP contribution in [0.4, 0.5) is 9.59 Å². The Balaban J connectivity index is 0.000000261. The quantitative estimate of drug-likeness (QED) is 0.0570. The first kappa shape index (κ1) is 55.5. The van der Waals surface area contributed by atoms with Crippen LogP contribution < -0.4 is 26.6 Å². The van der Waals surface area contributed by atoms with Gasteiger partial charge in [0.25, 0.3) is 0 Å². The standard InChI is InChI=1S/C30H43N3O3.C26H40N4O4/c1-24-13-15-25(16-14-24)22-30(33(2)3)19-17-27(18-20-30)32-28(34)12-8-5-9-21-31-29(35)36-23-26-10-6-4-7-11-26;1-19(2)17-22(29-23(31)18-27-25(33)34)24(32)28-21-11-13-26(14-12-21,20-9-5-3-6-10-20)30-15-7-4-8-16-30/h4,6-7,10-11,13-16,27H,5,8-9,12,17-23H2,1-3H3,(H,31,35)(H,32,34);3,5-6,9-10,19,21-22,27H,4,7-8,11-18H2,1-2H3,(H,28,32)(H,29,31)(H,33,34). The van der Waals surface area contributed by atoms with E-state index in [9.17, 15) is 24.0 Å². The van der Waals surface area contributed by atoms with Crippen LogP contribution in [0.2, 0.25) is 0 Å². The molecule has 6 rings (SSSR count). The van der Waals surface area contributed by atoms with Gasteiger partial charge < -0.3 is 41.3 Å². The average molecular weight is 966 g/mol. The van der Waals surface area contributed by atoms with Crippen molar-refractivity contribution in [3.63, 3.8) is 0 Å². The van der Waals surface area contributed by atoms with Gasteiger partial charge in [0, 0.05) is 36.1 Å². The van der Waals surface area contributed by atoms with E-state index in [-0.39, 0.29) is 54.0 Å². The highest BCUT2D eigenvalue weighted by molar-refractivity contribution is 5.89. The maximum Gasteiger partial charge on any atom is 0.407 e. The van der Waals surface area contributed by atoms with Crippen LogP contribution in [0.5, 0.6) is 0 Å². The molecule has 70 heavy (non-hydrogen) atoms. The molecule has 1 heterocycles. The maximum absolute atomic E-state index is 13.1. The average Bonchev–Trinajstić information content (AvgIpc) is 3.36. The molecule has 2 aliphatic carbocycles. The lowest BCUT2D eigenvalue weighted by Gasteiger charge is -2.50. The molecule has 14 nitrogen and oxygen atoms in total. The van der Waals surface area contributed by atoms with E-state index in [0.717, 1.165) is 95.7 Å². The lowest BCUT2D eigenvalue weighted by Crippen LogP contribution is -2.55. The van der Waals surface area contributed by atoms with Gasteiger partial charge >= 0.3 is 12.2 Å². The van der Waals surface area contributed by atoms with Gasteiger partial charge in [0.05, 0.1) is 0 Å². The highest BCUT2D eigenvalue weighted by Gasteiger charge is 2.43. The molecule has 0 radical (unpaired) electrons. The molecular weight excluding hydrogens is 883 g/mol. The van der Waals surface area contributed by atoms with Crippen molar-refractivity contribution in [3.05, 3.63) is 107 Å². The van der Waals surface area contributed by atoms with Crippen LogP contribution >= 0.6 is 0 Å². The SMILES string of the molecule is CC(C)CC(NC(=O)CNC(=O)O)C(=O)NC1CCC(c2ccccc2)(N2CCCCC2)CC1.Cc1ccc(CC2(N(C)C)CCC(NC(=O)CCCCCNC(=O)OCc3ccccc3)CC2)cc1. The van der Waals surface area contributed by atoms with Gasteiger partial charge in [-0.3, -0.25) is 19.3 Å². The molecule has 2 saturated carbocycles. The van der Waals surface area contributed by atoms with Crippen molar-refractivity contribution in [2.24, 2.45) is 5.92 Å². The minimum absolute atomic E-state index is 0.0248. The topological polar surface area (TPSA) is 181 Å². The van der Waals surface area contributed by atoms with Gasteiger partial charge in [-0.25, -0.2) is 9.59 Å². The number of nitrogens with one attached hydrogen (secondary N) is 5. The number of benzene rings is 3. The third-order valence-electron chi connectivity index (χ3n) is 14.6. The number of amides is 5. The van der Waals surface area contributed by atoms with E-state index in [4.69, 9.17) is 9.84 Å². The Morgan fingerprint density at radius 3 is 1.96 bits per heavy atom. The number of likely N-dealkylation sites (N-methyl/N-ethyl adjacent to an activating group) is 1. The van der Waals surface area contributed by atoms with Crippen molar-refractivity contribution in [3.8, 4) is 0 Å². The summed E-state index contributed by atoms with van der Waals surface area (Å²) in [6.45, 7) is 8.83. The molecule has 0 aromatic heterocycles. The molecule has 3 aliphatic rings. The Morgan fingerprint density at radius 1 is 0.729 bits per heavy atom. The van der Waals surface area contributed by atoms with Crippen LogP contribution in [-0.2, 0) is 37.7 Å². The van der Waals surface area contributed by atoms with Gasteiger partial charge in [-0.15, -0.1) is 0 Å². The summed E-state index contributed by atoms with van der Waals surface area (Å²) < 4.78 is 5.21. The number of hydrogen-bond donors (Lipinski definition) is 6. The molecule has 3 aromatic rings. The molecule has 0 bridgehead atoms. The summed E-state index contributed by atoms with van der Waals surface area (Å²) in [6, 6.07) is 29.0. The van der Waals surface area contributed by atoms with Gasteiger partial charge in [0.15, 0.2) is 0 Å². The number of unbranched alkanes of at least 4 members (excludes halogenated alkanes) is 2. The highest BCUT2D eigenvalue weighted by Crippen LogP contribution is 2.44. The minimum Gasteiger partial charge on any atom is -0.465 e. The van der Waals surface area contributed by atoms with Gasteiger partial charge in [-0.2, -0.15) is 0 Å². The number of carboxylic acid groups (broad SMARTS) is 1. The Morgan fingerprint density at radius 2 is 1.34 bits per heavy atom. The third kappa shape index (κ3) is 18.0. The van der Waals surface area contributed by atoms with E-state index in [1.165, 1.54) is 36.0 Å². The molecule has 3 aromatic carbocycles. The smallest absolute Gasteiger partial charge is 0.407 e. The van der Waals surface area contributed by atoms with Crippen LogP contribution in [0, 0.1) is 12.8 Å². The number of carbonyl (C=O) groups is 5. The van der Waals surface area contributed by atoms with Crippen molar-refractivity contribution >= 4 is 29.9 Å². The van der Waals surface area contributed by atoms with Gasteiger partial charge in [-0.1, -0.05) is 117 Å². The fourth-order valence-corrected chi connectivity index (χ4v) is 10.5. The summed E-state index contributed by atoms with van der Waals surface area (Å²) in [4.78, 5) is 65.2. The minimum atomic E-state index is -1.27. The fourth-order valence-electron chi connectivity index (χ4n) is 10.5. The summed E-state index contributed by atoms with van der Waals surface area (Å²) in [5.74, 6) is -0.335. The van der Waals surface area contributed by atoms with E-state index in [1.54, 1.807) is 0 Å². The first-order valence-corrected chi connectivity index (χ1v) is 26.0. The lowest BCUT2D eigenvalue weighted by atomic mass is 9.73. The number of likely N-dealkylation sites (tertiary alicyclic amines) is 1. The lowest BCUT2D eigenvalue weighted by molar-refractivity contribution is -0.129. The Labute approximate surface area is 417 Å². The number of nitrogens with zero attached hydrogens (tertiary/aromatic N) is 2. The summed E-state index contributed by atoms with van der Waals surface area (Å²) in [7, 11) is 4.37. The molecule has 5 amide bonds. The van der Waals surface area contributed by atoms with Crippen molar-refractivity contribution in [1.82, 2.24) is 36.4 Å². The van der Waals surface area contributed by atoms with E-state index in [1.807, 2.05) is 49.5 Å². The molecule has 14 heteroatoms. The third-order valence-corrected chi connectivity index (χ3v) is 14.6. The van der Waals surface area contributed by atoms with E-state index in [0.29, 0.717) is 19.4 Å². The second-order valence-corrected chi connectivity index (χ2v) is 20.6. The van der Waals surface area contributed by atoms with E-state index in [2.05, 4.69) is 107 Å². The van der Waals surface area contributed by atoms with Crippen molar-refractivity contribution in [2.45, 2.75) is 166 Å². The molecule has 1 saturated heterocycles. The molecule has 6 N–H and O–H groups in total. The van der Waals surface area contributed by atoms with Crippen molar-refractivity contribution in [1.29, 1.82) is 0 Å². The molecule has 0 spiro atoms. The van der Waals surface area contributed by atoms with Gasteiger partial charge in [0.2, 0.25) is 17.7 Å². The fraction of sp³-hybridized carbons (Fsp3) is 0.589. The molecule has 1 unspecified atom stereocenters. The van der Waals surface area contributed by atoms with Crippen molar-refractivity contribution < 1.29 is 33.8 Å². The zero-order valence-electron chi connectivity index (χ0n) is 42.7. The summed E-state index contributed by atoms with van der Waals surface area (Å²) in [5.41, 5.74) is 5.20. The Kier molecular flexibility index (Phi) is 22.5. The summed E-state index contributed by atoms with van der Waals surface area (Å²) in [5, 5.41) is 22.7. The number of carbonyl (C=O) groups excluding carboxylic acids is 4. The number of piperidine rings is 1. The number of hydrogen-bond acceptors (Lipinski definition) is 8. The van der Waals surface area contributed by atoms with Crippen LogP contribution in [0.15, 0.2) is 84.9 Å². The molecule has 1 atom stereocenters. The van der Waals surface area contributed by atoms with Crippen LogP contribution in [0.25, 0.3) is 0 Å². The Bertz CT molecular complexity index is 2040. The number of alkyl carbamates (subject to hydrolysis) is 1. The second-order valence-electron chi connectivity index (χ2n) is 20.6. The highest BCUT2D eigenvalue weighted by atomic mass is 16.5. The zero-order chi connectivity index (χ0) is 50.4. The second kappa shape index (κ2) is 28.4. The predicted octanol–water partition coefficient (Wildman–Crippen LogP) is 8.61. The maximum atomic E-state index is 13.1. The van der Waals surface area contributed by atoms with Gasteiger partial charge in [-0.05, 0) is 147 Å². The zero-order valence-corrected chi connectivity index (χ0v) is 42.7. The first-order valence-electron chi connectivity index (χ1n) is 26.0. The van der Waals surface area contributed by atoms with E-state index < -0.39 is 24.1 Å². The largest absolute Gasteiger partial charge is 0.465 e. The van der Waals surface area contributed by atoms with Crippen LogP contribution in [0.1, 0.15) is 139 Å². The predicted molar refractivity (Wildman–Crippen MR) is 276 cm³/mol. The molecule has 384 valence electrons. The van der Waals surface area contributed by atoms with Crippen LogP contribution in [0.3, 0.4) is 0 Å². The number of rotatable bonds is 21. The first-order chi connectivity index (χ1) is 33.7. The van der Waals surface area contributed by atoms with Crippen LogP contribution in [-0.4, -0.2) is 109 Å². The van der Waals surface area contributed by atoms with Gasteiger partial charge in [0.1, 0.15) is 19.2 Å². The molecular formula is C56H83N7O7. The normalized spacial score (nSPS) is 21.9. The van der Waals surface area contributed by atoms with Crippen molar-refractivity contribution in [2.75, 3.05) is 40.3 Å². The molecule has 3 fully saturated rings. The molecule has 1 aliphatic heterocycles. The Hall–Kier alpha value is -5.47. The number of aryl methyl sites for hydroxylation is 1. The summed E-state index contributed by atoms with van der Waals surface area (Å²) in [6.07, 6.45) is 14.7.